The minimum Gasteiger partial charge on any atom is -0.480 e. The van der Waals surface area contributed by atoms with Crippen LogP contribution in [-0.2, 0) is 4.79 Å². The van der Waals surface area contributed by atoms with Crippen LogP contribution >= 0.6 is 0 Å². The van der Waals surface area contributed by atoms with Crippen LogP contribution in [0.3, 0.4) is 0 Å². The second-order valence-corrected chi connectivity index (χ2v) is 4.21. The average molecular weight is 236 g/mol. The van der Waals surface area contributed by atoms with E-state index in [1.54, 1.807) is 6.20 Å². The van der Waals surface area contributed by atoms with E-state index >= 15 is 0 Å². The van der Waals surface area contributed by atoms with Crippen molar-refractivity contribution < 1.29 is 9.90 Å². The van der Waals surface area contributed by atoms with Crippen molar-refractivity contribution in [2.45, 2.75) is 45.2 Å². The molecule has 17 heavy (non-hydrogen) atoms. The monoisotopic (exact) mass is 236 g/mol. The fourth-order valence-corrected chi connectivity index (χ4v) is 1.94. The van der Waals surface area contributed by atoms with Crippen molar-refractivity contribution in [1.29, 1.82) is 0 Å². The molecule has 0 saturated carbocycles. The Labute approximate surface area is 102 Å². The molecule has 0 saturated heterocycles. The van der Waals surface area contributed by atoms with Gasteiger partial charge >= 0.3 is 5.97 Å². The molecule has 4 nitrogen and oxygen atoms in total. The SMILES string of the molecule is CCC(CC)(NC(C)c1ccccn1)C(=O)O. The van der Waals surface area contributed by atoms with Gasteiger partial charge in [-0.25, -0.2) is 0 Å². The van der Waals surface area contributed by atoms with Crippen molar-refractivity contribution in [3.05, 3.63) is 30.1 Å². The van der Waals surface area contributed by atoms with Crippen LogP contribution < -0.4 is 5.32 Å². The second kappa shape index (κ2) is 5.77. The Kier molecular flexibility index (Phi) is 4.63. The highest BCUT2D eigenvalue weighted by molar-refractivity contribution is 5.78. The smallest absolute Gasteiger partial charge is 0.323 e. The minimum atomic E-state index is -0.864. The summed E-state index contributed by atoms with van der Waals surface area (Å²) in [4.78, 5) is 15.6. The number of hydrogen-bond donors (Lipinski definition) is 2. The molecule has 1 rings (SSSR count). The van der Waals surface area contributed by atoms with Crippen molar-refractivity contribution in [2.75, 3.05) is 0 Å². The van der Waals surface area contributed by atoms with E-state index in [1.165, 1.54) is 0 Å². The molecule has 1 aromatic rings. The second-order valence-electron chi connectivity index (χ2n) is 4.21. The molecule has 1 atom stereocenters. The fraction of sp³-hybridized carbons (Fsp3) is 0.538. The van der Waals surface area contributed by atoms with Crippen LogP contribution in [0, 0.1) is 0 Å². The molecule has 0 aromatic carbocycles. The molecule has 1 aromatic heterocycles. The maximum absolute atomic E-state index is 11.4. The van der Waals surface area contributed by atoms with E-state index in [2.05, 4.69) is 10.3 Å². The number of carboxylic acids is 1. The Morgan fingerprint density at radius 2 is 2.12 bits per heavy atom. The highest BCUT2D eigenvalue weighted by Crippen LogP contribution is 2.21. The van der Waals surface area contributed by atoms with Crippen LogP contribution in [0.2, 0.25) is 0 Å². The summed E-state index contributed by atoms with van der Waals surface area (Å²) in [5.41, 5.74) is -0.00301. The minimum absolute atomic E-state index is 0.0767. The summed E-state index contributed by atoms with van der Waals surface area (Å²) in [5.74, 6) is -0.801. The third kappa shape index (κ3) is 3.03. The molecule has 2 N–H and O–H groups in total. The molecule has 4 heteroatoms. The molecule has 0 aliphatic heterocycles. The number of nitrogens with one attached hydrogen (secondary N) is 1. The number of pyridine rings is 1. The zero-order chi connectivity index (χ0) is 12.9. The lowest BCUT2D eigenvalue weighted by molar-refractivity contribution is -0.145. The molecule has 1 heterocycles. The molecular weight excluding hydrogens is 216 g/mol. The number of rotatable bonds is 6. The number of carbonyl (C=O) groups is 1. The van der Waals surface area contributed by atoms with Crippen molar-refractivity contribution in [1.82, 2.24) is 10.3 Å². The third-order valence-electron chi connectivity index (χ3n) is 3.24. The Balaban J connectivity index is 2.85. The highest BCUT2D eigenvalue weighted by atomic mass is 16.4. The summed E-state index contributed by atoms with van der Waals surface area (Å²) in [6.07, 6.45) is 2.82. The van der Waals surface area contributed by atoms with E-state index in [0.717, 1.165) is 5.69 Å². The highest BCUT2D eigenvalue weighted by Gasteiger charge is 2.36. The predicted molar refractivity (Wildman–Crippen MR) is 66.7 cm³/mol. The van der Waals surface area contributed by atoms with E-state index < -0.39 is 11.5 Å². The Hall–Kier alpha value is -1.42. The molecular formula is C13H20N2O2. The topological polar surface area (TPSA) is 62.2 Å². The van der Waals surface area contributed by atoms with Gasteiger partial charge in [-0.15, -0.1) is 0 Å². The lowest BCUT2D eigenvalue weighted by atomic mass is 9.91. The lowest BCUT2D eigenvalue weighted by Crippen LogP contribution is -2.52. The first kappa shape index (κ1) is 13.6. The van der Waals surface area contributed by atoms with Gasteiger partial charge in [0.05, 0.1) is 5.69 Å². The Bertz CT molecular complexity index is 361. The van der Waals surface area contributed by atoms with Gasteiger partial charge in [0.25, 0.3) is 0 Å². The Morgan fingerprint density at radius 1 is 1.47 bits per heavy atom. The maximum atomic E-state index is 11.4. The van der Waals surface area contributed by atoms with Crippen LogP contribution in [0.1, 0.15) is 45.3 Å². The van der Waals surface area contributed by atoms with Crippen molar-refractivity contribution >= 4 is 5.97 Å². The molecule has 94 valence electrons. The summed E-state index contributed by atoms with van der Waals surface area (Å²) in [7, 11) is 0. The first-order valence-corrected chi connectivity index (χ1v) is 5.97. The molecule has 0 fully saturated rings. The average Bonchev–Trinajstić information content (AvgIpc) is 2.36. The maximum Gasteiger partial charge on any atom is 0.323 e. The van der Waals surface area contributed by atoms with Crippen molar-refractivity contribution in [2.24, 2.45) is 0 Å². The standard InChI is InChI=1S/C13H20N2O2/c1-4-13(5-2,12(16)17)15-10(3)11-8-6-7-9-14-11/h6-10,15H,4-5H2,1-3H3,(H,16,17). The van der Waals surface area contributed by atoms with Crippen molar-refractivity contribution in [3.8, 4) is 0 Å². The van der Waals surface area contributed by atoms with E-state index in [1.807, 2.05) is 39.0 Å². The van der Waals surface area contributed by atoms with Crippen LogP contribution in [0.5, 0.6) is 0 Å². The Morgan fingerprint density at radius 3 is 2.53 bits per heavy atom. The number of aliphatic carboxylic acids is 1. The van der Waals surface area contributed by atoms with Gasteiger partial charge in [0.15, 0.2) is 0 Å². The van der Waals surface area contributed by atoms with E-state index in [4.69, 9.17) is 0 Å². The lowest BCUT2D eigenvalue weighted by Gasteiger charge is -2.31. The zero-order valence-corrected chi connectivity index (χ0v) is 10.6. The summed E-state index contributed by atoms with van der Waals surface area (Å²) in [6, 6.07) is 5.57. The molecule has 1 unspecified atom stereocenters. The molecule has 0 aliphatic carbocycles. The first-order chi connectivity index (χ1) is 8.05. The quantitative estimate of drug-likeness (QED) is 0.796. The van der Waals surface area contributed by atoms with Crippen LogP contribution in [0.15, 0.2) is 24.4 Å². The molecule has 0 amide bonds. The van der Waals surface area contributed by atoms with Crippen LogP contribution in [0.4, 0.5) is 0 Å². The van der Waals surface area contributed by atoms with Crippen LogP contribution in [-0.4, -0.2) is 21.6 Å². The van der Waals surface area contributed by atoms with Gasteiger partial charge < -0.3 is 5.11 Å². The first-order valence-electron chi connectivity index (χ1n) is 5.97. The van der Waals surface area contributed by atoms with Gasteiger partial charge in [0, 0.05) is 12.2 Å². The summed E-state index contributed by atoms with van der Waals surface area (Å²) in [6.45, 7) is 5.71. The van der Waals surface area contributed by atoms with Gasteiger partial charge in [-0.3, -0.25) is 15.1 Å². The normalized spacial score (nSPS) is 13.4. The summed E-state index contributed by atoms with van der Waals surface area (Å²) < 4.78 is 0. The molecule has 0 bridgehead atoms. The molecule has 0 spiro atoms. The van der Waals surface area contributed by atoms with Gasteiger partial charge in [-0.2, -0.15) is 0 Å². The van der Waals surface area contributed by atoms with E-state index in [0.29, 0.717) is 12.8 Å². The van der Waals surface area contributed by atoms with E-state index in [9.17, 15) is 9.90 Å². The van der Waals surface area contributed by atoms with Gasteiger partial charge in [-0.05, 0) is 31.9 Å². The number of carboxylic acid groups (broad SMARTS) is 1. The molecule has 0 aliphatic rings. The van der Waals surface area contributed by atoms with Gasteiger partial charge in [0.1, 0.15) is 5.54 Å². The summed E-state index contributed by atoms with van der Waals surface area (Å²) in [5, 5.41) is 12.5. The van der Waals surface area contributed by atoms with Gasteiger partial charge in [-0.1, -0.05) is 19.9 Å². The largest absolute Gasteiger partial charge is 0.480 e. The number of hydrogen-bond acceptors (Lipinski definition) is 3. The molecule has 0 radical (unpaired) electrons. The number of nitrogens with zero attached hydrogens (tertiary/aromatic N) is 1. The fourth-order valence-electron chi connectivity index (χ4n) is 1.94. The van der Waals surface area contributed by atoms with Crippen molar-refractivity contribution in [3.63, 3.8) is 0 Å². The zero-order valence-electron chi connectivity index (χ0n) is 10.6. The van der Waals surface area contributed by atoms with E-state index in [-0.39, 0.29) is 6.04 Å². The third-order valence-corrected chi connectivity index (χ3v) is 3.24. The summed E-state index contributed by atoms with van der Waals surface area (Å²) >= 11 is 0. The number of aromatic nitrogens is 1. The predicted octanol–water partition coefficient (Wildman–Crippen LogP) is 2.38. The van der Waals surface area contributed by atoms with Gasteiger partial charge in [0.2, 0.25) is 0 Å². The van der Waals surface area contributed by atoms with Crippen LogP contribution in [0.25, 0.3) is 0 Å².